The predicted octanol–water partition coefficient (Wildman–Crippen LogP) is 5.44. The van der Waals surface area contributed by atoms with E-state index < -0.39 is 10.8 Å². The second kappa shape index (κ2) is 10.2. The summed E-state index contributed by atoms with van der Waals surface area (Å²) in [6.07, 6.45) is 3.31. The van der Waals surface area contributed by atoms with E-state index in [9.17, 15) is 8.60 Å². The molecule has 0 saturated heterocycles. The van der Waals surface area contributed by atoms with Crippen LogP contribution in [0.3, 0.4) is 0 Å². The lowest BCUT2D eigenvalue weighted by Crippen LogP contribution is -2.10. The third kappa shape index (κ3) is 4.92. The molecular formula is C27H23FN6OS. The topological polar surface area (TPSA) is 85.6 Å². The highest BCUT2D eigenvalue weighted by Gasteiger charge is 2.20. The molecule has 1 N–H and O–H groups in total. The first-order valence-corrected chi connectivity index (χ1v) is 12.9. The van der Waals surface area contributed by atoms with Gasteiger partial charge in [0.15, 0.2) is 0 Å². The van der Waals surface area contributed by atoms with Gasteiger partial charge in [0, 0.05) is 33.7 Å². The van der Waals surface area contributed by atoms with Crippen LogP contribution in [0.2, 0.25) is 0 Å². The van der Waals surface area contributed by atoms with E-state index in [0.29, 0.717) is 33.5 Å². The first kappa shape index (κ1) is 23.5. The standard InChI is InChI=1S/C27H23FN6OS/c1-18(19-6-4-3-5-7-19)30-27-29-17-16-24(31-27)26-25(20-8-10-21(28)11-9-20)32-33-34(26)22-12-14-23(15-13-22)36(2)35/h3-18H,1-2H3,(H,29,30,31). The summed E-state index contributed by atoms with van der Waals surface area (Å²) in [7, 11) is -1.10. The van der Waals surface area contributed by atoms with E-state index in [-0.39, 0.29) is 11.9 Å². The zero-order chi connectivity index (χ0) is 25.1. The number of rotatable bonds is 7. The highest BCUT2D eigenvalue weighted by Crippen LogP contribution is 2.32. The molecule has 36 heavy (non-hydrogen) atoms. The quantitative estimate of drug-likeness (QED) is 0.322. The third-order valence-corrected chi connectivity index (χ3v) is 6.68. The zero-order valence-electron chi connectivity index (χ0n) is 19.7. The molecule has 180 valence electrons. The number of anilines is 1. The molecule has 5 rings (SSSR count). The molecule has 0 amide bonds. The maximum Gasteiger partial charge on any atom is 0.223 e. The van der Waals surface area contributed by atoms with Crippen LogP contribution in [0.15, 0.2) is 96.0 Å². The summed E-state index contributed by atoms with van der Waals surface area (Å²) in [6.45, 7) is 2.04. The summed E-state index contributed by atoms with van der Waals surface area (Å²) >= 11 is 0. The van der Waals surface area contributed by atoms with E-state index in [4.69, 9.17) is 4.98 Å². The SMILES string of the molecule is CC(Nc1nccc(-c2c(-c3ccc(F)cc3)nnn2-c2ccc(S(C)=O)cc2)n1)c1ccccc1. The average Bonchev–Trinajstić information content (AvgIpc) is 3.35. The molecule has 2 atom stereocenters. The maximum absolute atomic E-state index is 13.6. The molecule has 0 spiro atoms. The Kier molecular flexibility index (Phi) is 6.64. The zero-order valence-corrected chi connectivity index (χ0v) is 20.5. The number of hydrogen-bond donors (Lipinski definition) is 1. The molecule has 9 heteroatoms. The summed E-state index contributed by atoms with van der Waals surface area (Å²) < 4.78 is 27.1. The summed E-state index contributed by atoms with van der Waals surface area (Å²) in [5.74, 6) is 0.123. The van der Waals surface area contributed by atoms with Crippen molar-refractivity contribution < 1.29 is 8.60 Å². The number of nitrogens with zero attached hydrogens (tertiary/aromatic N) is 5. The van der Waals surface area contributed by atoms with Crippen molar-refractivity contribution in [3.8, 4) is 28.3 Å². The van der Waals surface area contributed by atoms with Crippen molar-refractivity contribution in [2.24, 2.45) is 0 Å². The van der Waals surface area contributed by atoms with E-state index in [0.717, 1.165) is 11.3 Å². The molecule has 0 aliphatic carbocycles. The Hall–Kier alpha value is -4.24. The lowest BCUT2D eigenvalue weighted by Gasteiger charge is -2.15. The third-order valence-electron chi connectivity index (χ3n) is 5.74. The van der Waals surface area contributed by atoms with E-state index in [1.807, 2.05) is 49.4 Å². The van der Waals surface area contributed by atoms with Gasteiger partial charge in [0.2, 0.25) is 5.95 Å². The van der Waals surface area contributed by atoms with E-state index in [1.165, 1.54) is 12.1 Å². The van der Waals surface area contributed by atoms with Crippen LogP contribution in [-0.2, 0) is 10.8 Å². The van der Waals surface area contributed by atoms with Gasteiger partial charge in [0.25, 0.3) is 0 Å². The van der Waals surface area contributed by atoms with Crippen LogP contribution in [0.25, 0.3) is 28.3 Å². The molecule has 2 aromatic heterocycles. The summed E-state index contributed by atoms with van der Waals surface area (Å²) in [5, 5.41) is 12.2. The van der Waals surface area contributed by atoms with Crippen molar-refractivity contribution in [2.75, 3.05) is 11.6 Å². The molecule has 3 aromatic carbocycles. The Bertz CT molecular complexity index is 1500. The highest BCUT2D eigenvalue weighted by atomic mass is 32.2. The number of nitrogens with one attached hydrogen (secondary N) is 1. The molecule has 0 fully saturated rings. The fourth-order valence-corrected chi connectivity index (χ4v) is 4.37. The molecule has 0 saturated carbocycles. The number of aromatic nitrogens is 5. The van der Waals surface area contributed by atoms with Gasteiger partial charge < -0.3 is 5.32 Å². The second-order valence-electron chi connectivity index (χ2n) is 8.20. The molecule has 0 aliphatic heterocycles. The van der Waals surface area contributed by atoms with Gasteiger partial charge in [-0.15, -0.1) is 5.10 Å². The van der Waals surface area contributed by atoms with Gasteiger partial charge in [-0.25, -0.2) is 19.0 Å². The Labute approximate surface area is 210 Å². The first-order chi connectivity index (χ1) is 17.5. The van der Waals surface area contributed by atoms with Crippen molar-refractivity contribution in [3.63, 3.8) is 0 Å². The van der Waals surface area contributed by atoms with Crippen LogP contribution >= 0.6 is 0 Å². The molecule has 7 nitrogen and oxygen atoms in total. The number of halogens is 1. The predicted molar refractivity (Wildman–Crippen MR) is 139 cm³/mol. The van der Waals surface area contributed by atoms with Crippen molar-refractivity contribution in [1.82, 2.24) is 25.0 Å². The Morgan fingerprint density at radius 3 is 2.36 bits per heavy atom. The van der Waals surface area contributed by atoms with Crippen molar-refractivity contribution in [1.29, 1.82) is 0 Å². The molecule has 5 aromatic rings. The normalized spacial score (nSPS) is 12.8. The van der Waals surface area contributed by atoms with Crippen LogP contribution in [0.4, 0.5) is 10.3 Å². The Balaban J connectivity index is 1.59. The maximum atomic E-state index is 13.6. The van der Waals surface area contributed by atoms with Crippen molar-refractivity contribution >= 4 is 16.7 Å². The second-order valence-corrected chi connectivity index (χ2v) is 9.58. The minimum Gasteiger partial charge on any atom is -0.348 e. The fraction of sp³-hybridized carbons (Fsp3) is 0.111. The summed E-state index contributed by atoms with van der Waals surface area (Å²) in [5.41, 5.74) is 4.32. The molecule has 0 radical (unpaired) electrons. The Morgan fingerprint density at radius 2 is 1.67 bits per heavy atom. The largest absolute Gasteiger partial charge is 0.348 e. The van der Waals surface area contributed by atoms with Gasteiger partial charge in [0.05, 0.1) is 17.4 Å². The van der Waals surface area contributed by atoms with E-state index in [2.05, 4.69) is 20.6 Å². The van der Waals surface area contributed by atoms with Crippen LogP contribution in [-0.4, -0.2) is 35.4 Å². The fourth-order valence-electron chi connectivity index (χ4n) is 3.85. The minimum absolute atomic E-state index is 0.0106. The molecule has 0 bridgehead atoms. The molecule has 0 aliphatic rings. The highest BCUT2D eigenvalue weighted by molar-refractivity contribution is 7.84. The lowest BCUT2D eigenvalue weighted by molar-refractivity contribution is 0.628. The van der Waals surface area contributed by atoms with Crippen LogP contribution in [0.1, 0.15) is 18.5 Å². The number of hydrogen-bond acceptors (Lipinski definition) is 6. The van der Waals surface area contributed by atoms with Gasteiger partial charge in [0.1, 0.15) is 17.2 Å². The molecule has 2 unspecified atom stereocenters. The van der Waals surface area contributed by atoms with Gasteiger partial charge in [-0.05, 0) is 67.1 Å². The van der Waals surface area contributed by atoms with E-state index >= 15 is 0 Å². The smallest absolute Gasteiger partial charge is 0.223 e. The molecular weight excluding hydrogens is 475 g/mol. The van der Waals surface area contributed by atoms with Gasteiger partial charge in [-0.2, -0.15) is 0 Å². The van der Waals surface area contributed by atoms with Crippen LogP contribution in [0.5, 0.6) is 0 Å². The summed E-state index contributed by atoms with van der Waals surface area (Å²) in [6, 6.07) is 25.2. The first-order valence-electron chi connectivity index (χ1n) is 11.3. The lowest BCUT2D eigenvalue weighted by atomic mass is 10.1. The number of benzene rings is 3. The van der Waals surface area contributed by atoms with Crippen molar-refractivity contribution in [3.05, 3.63) is 103 Å². The minimum atomic E-state index is -1.10. The average molecular weight is 499 g/mol. The van der Waals surface area contributed by atoms with Crippen LogP contribution < -0.4 is 5.32 Å². The van der Waals surface area contributed by atoms with Gasteiger partial charge in [-0.3, -0.25) is 4.21 Å². The monoisotopic (exact) mass is 498 g/mol. The van der Waals surface area contributed by atoms with Gasteiger partial charge in [-0.1, -0.05) is 35.5 Å². The van der Waals surface area contributed by atoms with Gasteiger partial charge >= 0.3 is 0 Å². The molecule has 2 heterocycles. The van der Waals surface area contributed by atoms with Crippen molar-refractivity contribution in [2.45, 2.75) is 17.9 Å². The Morgan fingerprint density at radius 1 is 0.944 bits per heavy atom. The summed E-state index contributed by atoms with van der Waals surface area (Å²) in [4.78, 5) is 9.89. The van der Waals surface area contributed by atoms with E-state index in [1.54, 1.807) is 47.5 Å². The van der Waals surface area contributed by atoms with Crippen LogP contribution in [0, 0.1) is 5.82 Å².